The molecule has 2 heterocycles. The van der Waals surface area contributed by atoms with E-state index in [4.69, 9.17) is 0 Å². The molecule has 1 saturated heterocycles. The fourth-order valence-electron chi connectivity index (χ4n) is 2.89. The van der Waals surface area contributed by atoms with Crippen molar-refractivity contribution in [2.45, 2.75) is 19.4 Å². The summed E-state index contributed by atoms with van der Waals surface area (Å²) in [6, 6.07) is 4.97. The smallest absolute Gasteiger partial charge is 0.261 e. The molecule has 0 bridgehead atoms. The van der Waals surface area contributed by atoms with Crippen molar-refractivity contribution in [2.75, 3.05) is 18.9 Å². The zero-order chi connectivity index (χ0) is 15.1. The van der Waals surface area contributed by atoms with Crippen LogP contribution in [0.4, 0.5) is 5.69 Å². The van der Waals surface area contributed by atoms with Gasteiger partial charge in [0.15, 0.2) is 0 Å². The molecule has 1 aromatic rings. The summed E-state index contributed by atoms with van der Waals surface area (Å²) in [6.45, 7) is 2.82. The Balaban J connectivity index is 1.81. The van der Waals surface area contributed by atoms with Crippen LogP contribution < -0.4 is 10.6 Å². The molecule has 2 atom stereocenters. The van der Waals surface area contributed by atoms with Crippen molar-refractivity contribution < 1.29 is 14.4 Å². The molecule has 1 aromatic carbocycles. The Morgan fingerprint density at radius 1 is 1.29 bits per heavy atom. The minimum Gasteiger partial charge on any atom is -0.326 e. The molecule has 6 heteroatoms. The van der Waals surface area contributed by atoms with Gasteiger partial charge in [-0.3, -0.25) is 19.3 Å². The molecular weight excluding hydrogens is 270 g/mol. The number of amides is 3. The number of hydrogen-bond donors (Lipinski definition) is 2. The highest BCUT2D eigenvalue weighted by atomic mass is 16.2. The van der Waals surface area contributed by atoms with Crippen LogP contribution in [0, 0.1) is 5.92 Å². The summed E-state index contributed by atoms with van der Waals surface area (Å²) in [6.07, 6.45) is 0.804. The number of rotatable bonds is 2. The van der Waals surface area contributed by atoms with E-state index in [0.717, 1.165) is 17.9 Å². The van der Waals surface area contributed by atoms with Crippen molar-refractivity contribution in [3.05, 3.63) is 29.3 Å². The lowest BCUT2D eigenvalue weighted by Crippen LogP contribution is -2.32. The summed E-state index contributed by atoms with van der Waals surface area (Å²) in [5, 5.41) is 6.06. The molecule has 0 spiro atoms. The quantitative estimate of drug-likeness (QED) is 0.790. The van der Waals surface area contributed by atoms with Crippen LogP contribution in [0.2, 0.25) is 0 Å². The maximum atomic E-state index is 12.2. The van der Waals surface area contributed by atoms with Crippen molar-refractivity contribution in [3.8, 4) is 0 Å². The summed E-state index contributed by atoms with van der Waals surface area (Å²) < 4.78 is 0. The van der Waals surface area contributed by atoms with Crippen LogP contribution in [0.3, 0.4) is 0 Å². The first-order chi connectivity index (χ1) is 9.99. The van der Waals surface area contributed by atoms with Crippen LogP contribution in [0.5, 0.6) is 0 Å². The Kier molecular flexibility index (Phi) is 3.25. The van der Waals surface area contributed by atoms with Gasteiger partial charge in [0.05, 0.1) is 17.0 Å². The second-order valence-corrected chi connectivity index (χ2v) is 5.56. The second kappa shape index (κ2) is 4.96. The van der Waals surface area contributed by atoms with Crippen LogP contribution in [0.15, 0.2) is 18.2 Å². The molecule has 0 saturated carbocycles. The van der Waals surface area contributed by atoms with Gasteiger partial charge in [-0.1, -0.05) is 0 Å². The molecule has 3 rings (SSSR count). The first-order valence-corrected chi connectivity index (χ1v) is 6.99. The fraction of sp³-hybridized carbons (Fsp3) is 0.400. The van der Waals surface area contributed by atoms with Crippen LogP contribution in [0.1, 0.15) is 34.1 Å². The van der Waals surface area contributed by atoms with E-state index in [1.165, 1.54) is 7.05 Å². The van der Waals surface area contributed by atoms with E-state index in [2.05, 4.69) is 10.6 Å². The largest absolute Gasteiger partial charge is 0.326 e. The molecule has 0 aromatic heterocycles. The Labute approximate surface area is 122 Å². The molecule has 6 nitrogen and oxygen atoms in total. The van der Waals surface area contributed by atoms with Crippen molar-refractivity contribution in [1.29, 1.82) is 0 Å². The van der Waals surface area contributed by atoms with Crippen LogP contribution in [0.25, 0.3) is 0 Å². The lowest BCUT2D eigenvalue weighted by atomic mass is 10.0. The number of nitrogens with zero attached hydrogens (tertiary/aromatic N) is 1. The predicted molar refractivity (Wildman–Crippen MR) is 77.1 cm³/mol. The average Bonchev–Trinajstić information content (AvgIpc) is 2.98. The molecule has 2 unspecified atom stereocenters. The van der Waals surface area contributed by atoms with Gasteiger partial charge in [0.25, 0.3) is 11.8 Å². The van der Waals surface area contributed by atoms with E-state index in [1.54, 1.807) is 18.2 Å². The lowest BCUT2D eigenvalue weighted by molar-refractivity contribution is -0.120. The van der Waals surface area contributed by atoms with E-state index in [-0.39, 0.29) is 29.7 Å². The summed E-state index contributed by atoms with van der Waals surface area (Å²) in [5.74, 6) is -0.765. The normalized spacial score (nSPS) is 24.4. The van der Waals surface area contributed by atoms with Gasteiger partial charge in [-0.05, 0) is 38.1 Å². The van der Waals surface area contributed by atoms with Crippen LogP contribution in [-0.2, 0) is 4.79 Å². The monoisotopic (exact) mass is 287 g/mol. The number of anilines is 1. The molecule has 0 radical (unpaired) electrons. The van der Waals surface area contributed by atoms with E-state index in [0.29, 0.717) is 16.8 Å². The molecule has 3 amide bonds. The third-order valence-corrected chi connectivity index (χ3v) is 4.22. The summed E-state index contributed by atoms with van der Waals surface area (Å²) in [4.78, 5) is 37.0. The van der Waals surface area contributed by atoms with Gasteiger partial charge < -0.3 is 10.6 Å². The fourth-order valence-corrected chi connectivity index (χ4v) is 2.89. The minimum absolute atomic E-state index is 0.0578. The van der Waals surface area contributed by atoms with Crippen molar-refractivity contribution >= 4 is 23.4 Å². The SMILES string of the molecule is CC1NCCC1C(=O)Nc1ccc2c(c1)C(=O)N(C)C2=O. The van der Waals surface area contributed by atoms with E-state index >= 15 is 0 Å². The summed E-state index contributed by atoms with van der Waals surface area (Å²) >= 11 is 0. The molecule has 2 aliphatic heterocycles. The zero-order valence-electron chi connectivity index (χ0n) is 12.0. The highest BCUT2D eigenvalue weighted by Crippen LogP contribution is 2.25. The number of carbonyl (C=O) groups excluding carboxylic acids is 3. The van der Waals surface area contributed by atoms with Crippen molar-refractivity contribution in [3.63, 3.8) is 0 Å². The molecule has 110 valence electrons. The summed E-state index contributed by atoms with van der Waals surface area (Å²) in [5.41, 5.74) is 1.28. The highest BCUT2D eigenvalue weighted by molar-refractivity contribution is 6.21. The molecule has 21 heavy (non-hydrogen) atoms. The van der Waals surface area contributed by atoms with Crippen LogP contribution >= 0.6 is 0 Å². The molecule has 1 fully saturated rings. The first-order valence-electron chi connectivity index (χ1n) is 6.99. The Morgan fingerprint density at radius 2 is 2.00 bits per heavy atom. The molecule has 0 aliphatic carbocycles. The van der Waals surface area contributed by atoms with Gasteiger partial charge in [0, 0.05) is 18.8 Å². The number of hydrogen-bond acceptors (Lipinski definition) is 4. The standard InChI is InChI=1S/C15H17N3O3/c1-8-10(5-6-16-8)13(19)17-9-3-4-11-12(7-9)15(21)18(2)14(11)20/h3-4,7-8,10,16H,5-6H2,1-2H3,(H,17,19). The molecule has 2 N–H and O–H groups in total. The molecular formula is C15H17N3O3. The lowest BCUT2D eigenvalue weighted by Gasteiger charge is -2.15. The third-order valence-electron chi connectivity index (χ3n) is 4.22. The number of benzene rings is 1. The maximum Gasteiger partial charge on any atom is 0.261 e. The van der Waals surface area contributed by atoms with E-state index in [1.807, 2.05) is 6.92 Å². The number of nitrogens with one attached hydrogen (secondary N) is 2. The van der Waals surface area contributed by atoms with Gasteiger partial charge in [-0.15, -0.1) is 0 Å². The second-order valence-electron chi connectivity index (χ2n) is 5.56. The van der Waals surface area contributed by atoms with E-state index in [9.17, 15) is 14.4 Å². The van der Waals surface area contributed by atoms with Gasteiger partial charge in [0.2, 0.25) is 5.91 Å². The van der Waals surface area contributed by atoms with E-state index < -0.39 is 0 Å². The molecule has 2 aliphatic rings. The number of imide groups is 1. The van der Waals surface area contributed by atoms with Crippen molar-refractivity contribution in [2.24, 2.45) is 5.92 Å². The topological polar surface area (TPSA) is 78.5 Å². The van der Waals surface area contributed by atoms with Crippen LogP contribution in [-0.4, -0.2) is 42.3 Å². The van der Waals surface area contributed by atoms with Gasteiger partial charge >= 0.3 is 0 Å². The average molecular weight is 287 g/mol. The Hall–Kier alpha value is -2.21. The highest BCUT2D eigenvalue weighted by Gasteiger charge is 2.33. The Bertz CT molecular complexity index is 641. The summed E-state index contributed by atoms with van der Waals surface area (Å²) in [7, 11) is 1.45. The van der Waals surface area contributed by atoms with Gasteiger partial charge in [-0.25, -0.2) is 0 Å². The number of carbonyl (C=O) groups is 3. The predicted octanol–water partition coefficient (Wildman–Crippen LogP) is 0.849. The Morgan fingerprint density at radius 3 is 2.67 bits per heavy atom. The van der Waals surface area contributed by atoms with Crippen molar-refractivity contribution in [1.82, 2.24) is 10.2 Å². The zero-order valence-corrected chi connectivity index (χ0v) is 12.0. The third kappa shape index (κ3) is 2.21. The van der Waals surface area contributed by atoms with Gasteiger partial charge in [0.1, 0.15) is 0 Å². The first kappa shape index (κ1) is 13.8. The van der Waals surface area contributed by atoms with Gasteiger partial charge in [-0.2, -0.15) is 0 Å². The maximum absolute atomic E-state index is 12.2. The number of fused-ring (bicyclic) bond motifs is 1. The minimum atomic E-state index is -0.331.